The molecule has 1 saturated heterocycles. The monoisotopic (exact) mass is 471 g/mol. The number of imidazole rings is 1. The Bertz CT molecular complexity index is 1000. The Morgan fingerprint density at radius 1 is 1.12 bits per heavy atom. The molecule has 7 nitrogen and oxygen atoms in total. The molecule has 0 saturated carbocycles. The van der Waals surface area contributed by atoms with Gasteiger partial charge in [-0.15, -0.1) is 0 Å². The van der Waals surface area contributed by atoms with Crippen LogP contribution in [0.2, 0.25) is 5.02 Å². The van der Waals surface area contributed by atoms with Crippen molar-refractivity contribution in [3.8, 4) is 11.5 Å². The first-order valence-corrected chi connectivity index (χ1v) is 11.5. The van der Waals surface area contributed by atoms with Crippen LogP contribution in [0.4, 0.5) is 0 Å². The molecule has 1 aromatic heterocycles. The van der Waals surface area contributed by atoms with E-state index in [9.17, 15) is 5.11 Å². The number of benzene rings is 2. The third-order valence-electron chi connectivity index (χ3n) is 5.44. The first-order valence-electron chi connectivity index (χ1n) is 11.2. The van der Waals surface area contributed by atoms with E-state index in [1.54, 1.807) is 18.3 Å². The number of aromatic nitrogens is 2. The summed E-state index contributed by atoms with van der Waals surface area (Å²) in [6, 6.07) is 15.3. The molecule has 1 aliphatic rings. The fraction of sp³-hybridized carbons (Fsp3) is 0.400. The summed E-state index contributed by atoms with van der Waals surface area (Å²) in [5.41, 5.74) is 0.0161. The van der Waals surface area contributed by atoms with E-state index in [4.69, 9.17) is 25.8 Å². The van der Waals surface area contributed by atoms with Crippen molar-refractivity contribution < 1.29 is 19.3 Å². The van der Waals surface area contributed by atoms with E-state index in [1.165, 1.54) is 0 Å². The highest BCUT2D eigenvalue weighted by molar-refractivity contribution is 6.30. The largest absolute Gasteiger partial charge is 0.494 e. The van der Waals surface area contributed by atoms with Crippen molar-refractivity contribution in [2.75, 3.05) is 39.5 Å². The molecule has 3 aromatic rings. The SMILES string of the molecule is O[C@@]1(COc2cccc(Cl)c2)COCCN(Cc2cccc(OCCCn3ccnc3)c2)C1. The number of rotatable bonds is 10. The topological polar surface area (TPSA) is 69.0 Å². The molecule has 8 heteroatoms. The maximum atomic E-state index is 11.2. The van der Waals surface area contributed by atoms with Crippen molar-refractivity contribution in [1.82, 2.24) is 14.5 Å². The van der Waals surface area contributed by atoms with E-state index in [1.807, 2.05) is 41.4 Å². The van der Waals surface area contributed by atoms with Gasteiger partial charge in [-0.2, -0.15) is 0 Å². The third kappa shape index (κ3) is 7.47. The van der Waals surface area contributed by atoms with Gasteiger partial charge in [0.2, 0.25) is 0 Å². The lowest BCUT2D eigenvalue weighted by atomic mass is 10.1. The average molecular weight is 472 g/mol. The molecule has 2 aromatic carbocycles. The van der Waals surface area contributed by atoms with Crippen LogP contribution in [0.15, 0.2) is 67.3 Å². The lowest BCUT2D eigenvalue weighted by Gasteiger charge is -2.30. The first kappa shape index (κ1) is 23.6. The molecule has 0 amide bonds. The Morgan fingerprint density at radius 3 is 2.79 bits per heavy atom. The third-order valence-corrected chi connectivity index (χ3v) is 5.67. The zero-order valence-electron chi connectivity index (χ0n) is 18.6. The molecule has 0 aliphatic carbocycles. The molecule has 2 heterocycles. The molecule has 4 rings (SSSR count). The van der Waals surface area contributed by atoms with Gasteiger partial charge in [-0.05, 0) is 42.3 Å². The lowest BCUT2D eigenvalue weighted by Crippen LogP contribution is -2.48. The summed E-state index contributed by atoms with van der Waals surface area (Å²) in [7, 11) is 0. The van der Waals surface area contributed by atoms with Crippen LogP contribution in [0.3, 0.4) is 0 Å². The molecule has 1 atom stereocenters. The quantitative estimate of drug-likeness (QED) is 0.455. The van der Waals surface area contributed by atoms with E-state index < -0.39 is 5.60 Å². The lowest BCUT2D eigenvalue weighted by molar-refractivity contribution is -0.0646. The van der Waals surface area contributed by atoms with Gasteiger partial charge in [-0.1, -0.05) is 29.8 Å². The predicted octanol–water partition coefficient (Wildman–Crippen LogP) is 3.65. The molecule has 1 N–H and O–H groups in total. The number of hydrogen-bond donors (Lipinski definition) is 1. The summed E-state index contributed by atoms with van der Waals surface area (Å²) < 4.78 is 19.5. The van der Waals surface area contributed by atoms with Gasteiger partial charge in [0, 0.05) is 43.6 Å². The van der Waals surface area contributed by atoms with Gasteiger partial charge in [0.1, 0.15) is 23.7 Å². The second kappa shape index (κ2) is 11.5. The highest BCUT2D eigenvalue weighted by Crippen LogP contribution is 2.22. The summed E-state index contributed by atoms with van der Waals surface area (Å²) in [6.07, 6.45) is 6.45. The second-order valence-electron chi connectivity index (χ2n) is 8.38. The van der Waals surface area contributed by atoms with Crippen LogP contribution in [0.25, 0.3) is 0 Å². The van der Waals surface area contributed by atoms with Gasteiger partial charge in [0.15, 0.2) is 0 Å². The highest BCUT2D eigenvalue weighted by atomic mass is 35.5. The van der Waals surface area contributed by atoms with Crippen molar-refractivity contribution in [2.45, 2.75) is 25.1 Å². The normalized spacial score (nSPS) is 19.2. The number of ether oxygens (including phenoxy) is 3. The molecule has 0 spiro atoms. The Balaban J connectivity index is 1.29. The predicted molar refractivity (Wildman–Crippen MR) is 127 cm³/mol. The Morgan fingerprint density at radius 2 is 1.97 bits per heavy atom. The fourth-order valence-corrected chi connectivity index (χ4v) is 4.02. The minimum Gasteiger partial charge on any atom is -0.494 e. The minimum atomic E-state index is -1.11. The van der Waals surface area contributed by atoms with Crippen LogP contribution in [-0.2, 0) is 17.8 Å². The molecule has 0 bridgehead atoms. The number of aryl methyl sites for hydroxylation is 1. The molecule has 176 valence electrons. The summed E-state index contributed by atoms with van der Waals surface area (Å²) >= 11 is 6.03. The molecular weight excluding hydrogens is 442 g/mol. The van der Waals surface area contributed by atoms with Gasteiger partial charge >= 0.3 is 0 Å². The summed E-state index contributed by atoms with van der Waals surface area (Å²) in [5.74, 6) is 1.48. The number of hydrogen-bond acceptors (Lipinski definition) is 6. The van der Waals surface area contributed by atoms with E-state index in [0.717, 1.165) is 30.8 Å². The number of halogens is 1. The second-order valence-corrected chi connectivity index (χ2v) is 8.82. The summed E-state index contributed by atoms with van der Waals surface area (Å²) in [6.45, 7) is 4.30. The van der Waals surface area contributed by atoms with E-state index in [2.05, 4.69) is 22.0 Å². The van der Waals surface area contributed by atoms with Crippen LogP contribution < -0.4 is 9.47 Å². The zero-order valence-corrected chi connectivity index (χ0v) is 19.4. The van der Waals surface area contributed by atoms with Crippen molar-refractivity contribution in [3.63, 3.8) is 0 Å². The van der Waals surface area contributed by atoms with Crippen LogP contribution in [0.1, 0.15) is 12.0 Å². The van der Waals surface area contributed by atoms with Gasteiger partial charge in [0.25, 0.3) is 0 Å². The molecular formula is C25H30ClN3O4. The van der Waals surface area contributed by atoms with E-state index in [0.29, 0.717) is 37.1 Å². The molecule has 0 unspecified atom stereocenters. The zero-order chi connectivity index (χ0) is 22.9. The van der Waals surface area contributed by atoms with Crippen molar-refractivity contribution in [3.05, 3.63) is 77.8 Å². The summed E-state index contributed by atoms with van der Waals surface area (Å²) in [5, 5.41) is 11.7. The van der Waals surface area contributed by atoms with E-state index in [-0.39, 0.29) is 13.2 Å². The van der Waals surface area contributed by atoms with Gasteiger partial charge < -0.3 is 23.9 Å². The first-order chi connectivity index (χ1) is 16.1. The van der Waals surface area contributed by atoms with E-state index >= 15 is 0 Å². The molecule has 33 heavy (non-hydrogen) atoms. The number of β-amino-alcohol motifs (C(OH)–C–C–N with tert-alkyl or cyclic N) is 1. The van der Waals surface area contributed by atoms with Crippen molar-refractivity contribution >= 4 is 11.6 Å². The number of nitrogens with zero attached hydrogens (tertiary/aromatic N) is 3. The maximum absolute atomic E-state index is 11.2. The Hall–Kier alpha value is -2.58. The molecule has 1 fully saturated rings. The van der Waals surface area contributed by atoms with Crippen LogP contribution in [0, 0.1) is 0 Å². The summed E-state index contributed by atoms with van der Waals surface area (Å²) in [4.78, 5) is 6.24. The van der Waals surface area contributed by atoms with Gasteiger partial charge in [-0.25, -0.2) is 4.98 Å². The van der Waals surface area contributed by atoms with Crippen LogP contribution >= 0.6 is 11.6 Å². The van der Waals surface area contributed by atoms with Crippen molar-refractivity contribution in [1.29, 1.82) is 0 Å². The Kier molecular flexibility index (Phi) is 8.23. The van der Waals surface area contributed by atoms with Crippen LogP contribution in [0.5, 0.6) is 11.5 Å². The Labute approximate surface area is 199 Å². The highest BCUT2D eigenvalue weighted by Gasteiger charge is 2.33. The molecule has 0 radical (unpaired) electrons. The number of aliphatic hydroxyl groups is 1. The average Bonchev–Trinajstić information content (AvgIpc) is 3.25. The van der Waals surface area contributed by atoms with Crippen molar-refractivity contribution in [2.24, 2.45) is 0 Å². The smallest absolute Gasteiger partial charge is 0.134 e. The van der Waals surface area contributed by atoms with Gasteiger partial charge in [-0.3, -0.25) is 4.90 Å². The molecule has 1 aliphatic heterocycles. The fourth-order valence-electron chi connectivity index (χ4n) is 3.84. The van der Waals surface area contributed by atoms with Gasteiger partial charge in [0.05, 0.1) is 26.1 Å². The standard InChI is InChI=1S/C25H30ClN3O4/c26-22-5-2-7-24(15-22)33-19-25(30)17-29(11-13-31-18-25)16-21-4-1-6-23(14-21)32-12-3-9-28-10-8-27-20-28/h1-2,4-8,10,14-15,20,30H,3,9,11-13,16-19H2/t25-/m1/s1. The maximum Gasteiger partial charge on any atom is 0.134 e. The minimum absolute atomic E-state index is 0.129. The van der Waals surface area contributed by atoms with Crippen LogP contribution in [-0.4, -0.2) is 64.7 Å².